The zero-order chi connectivity index (χ0) is 19.1. The van der Waals surface area contributed by atoms with Gasteiger partial charge in [-0.05, 0) is 49.1 Å². The van der Waals surface area contributed by atoms with Gasteiger partial charge in [0.05, 0.1) is 14.2 Å². The van der Waals surface area contributed by atoms with E-state index >= 15 is 0 Å². The van der Waals surface area contributed by atoms with Gasteiger partial charge in [-0.15, -0.1) is 0 Å². The number of hydrogen-bond donors (Lipinski definition) is 1. The van der Waals surface area contributed by atoms with E-state index in [1.807, 2.05) is 24.3 Å². The molecule has 0 aliphatic heterocycles. The molecule has 0 unspecified atom stereocenters. The summed E-state index contributed by atoms with van der Waals surface area (Å²) < 4.78 is 16.2. The Hall–Kier alpha value is -2.69. The third kappa shape index (κ3) is 4.91. The SMILES string of the molecule is CC[C@H](C)c1ccc(O[C@H](C)C(=O)Nc2ccc(OC)c(OC)c2)cc1. The van der Waals surface area contributed by atoms with Crippen LogP contribution in [0.5, 0.6) is 17.2 Å². The van der Waals surface area contributed by atoms with Gasteiger partial charge in [0.15, 0.2) is 17.6 Å². The van der Waals surface area contributed by atoms with E-state index in [9.17, 15) is 4.79 Å². The number of benzene rings is 2. The van der Waals surface area contributed by atoms with Crippen molar-refractivity contribution >= 4 is 11.6 Å². The maximum atomic E-state index is 12.4. The molecule has 0 aromatic heterocycles. The van der Waals surface area contributed by atoms with Crippen molar-refractivity contribution < 1.29 is 19.0 Å². The van der Waals surface area contributed by atoms with Crippen LogP contribution in [-0.2, 0) is 4.79 Å². The van der Waals surface area contributed by atoms with Gasteiger partial charge in [-0.25, -0.2) is 0 Å². The highest BCUT2D eigenvalue weighted by Gasteiger charge is 2.16. The van der Waals surface area contributed by atoms with Gasteiger partial charge >= 0.3 is 0 Å². The van der Waals surface area contributed by atoms with Gasteiger partial charge in [-0.1, -0.05) is 26.0 Å². The van der Waals surface area contributed by atoms with Crippen molar-refractivity contribution in [3.05, 3.63) is 48.0 Å². The second-order valence-corrected chi connectivity index (χ2v) is 6.20. The number of nitrogens with one attached hydrogen (secondary N) is 1. The first-order valence-corrected chi connectivity index (χ1v) is 8.78. The standard InChI is InChI=1S/C21H27NO4/c1-6-14(2)16-7-10-18(11-8-16)26-15(3)21(23)22-17-9-12-19(24-4)20(13-17)25-5/h7-15H,6H2,1-5H3,(H,22,23)/t14-,15+/m0/s1. The lowest BCUT2D eigenvalue weighted by molar-refractivity contribution is -0.122. The molecule has 0 saturated heterocycles. The molecule has 2 aromatic rings. The molecule has 5 nitrogen and oxygen atoms in total. The Balaban J connectivity index is 1.99. The summed E-state index contributed by atoms with van der Waals surface area (Å²) in [4.78, 5) is 12.4. The van der Waals surface area contributed by atoms with E-state index in [-0.39, 0.29) is 5.91 Å². The van der Waals surface area contributed by atoms with Gasteiger partial charge < -0.3 is 19.5 Å². The molecule has 0 heterocycles. The maximum Gasteiger partial charge on any atom is 0.265 e. The van der Waals surface area contributed by atoms with Crippen molar-refractivity contribution in [2.24, 2.45) is 0 Å². The second kappa shape index (κ2) is 9.13. The first kappa shape index (κ1) is 19.6. The highest BCUT2D eigenvalue weighted by molar-refractivity contribution is 5.94. The lowest BCUT2D eigenvalue weighted by Crippen LogP contribution is -2.30. The van der Waals surface area contributed by atoms with Gasteiger partial charge in [0, 0.05) is 11.8 Å². The molecule has 5 heteroatoms. The van der Waals surface area contributed by atoms with Crippen LogP contribution in [0.25, 0.3) is 0 Å². The van der Waals surface area contributed by atoms with Gasteiger partial charge in [-0.3, -0.25) is 4.79 Å². The van der Waals surface area contributed by atoms with Crippen molar-refractivity contribution in [1.29, 1.82) is 0 Å². The fourth-order valence-electron chi connectivity index (χ4n) is 2.53. The fourth-order valence-corrected chi connectivity index (χ4v) is 2.53. The quantitative estimate of drug-likeness (QED) is 0.749. The Morgan fingerprint density at radius 3 is 2.23 bits per heavy atom. The van der Waals surface area contributed by atoms with Crippen LogP contribution in [0.2, 0.25) is 0 Å². The second-order valence-electron chi connectivity index (χ2n) is 6.20. The van der Waals surface area contributed by atoms with E-state index < -0.39 is 6.10 Å². The number of carbonyl (C=O) groups excluding carboxylic acids is 1. The molecular formula is C21H27NO4. The summed E-state index contributed by atoms with van der Waals surface area (Å²) in [5.74, 6) is 2.11. The van der Waals surface area contributed by atoms with E-state index in [0.29, 0.717) is 28.9 Å². The number of carbonyl (C=O) groups is 1. The maximum absolute atomic E-state index is 12.4. The average Bonchev–Trinajstić information content (AvgIpc) is 2.67. The number of ether oxygens (including phenoxy) is 3. The smallest absolute Gasteiger partial charge is 0.265 e. The highest BCUT2D eigenvalue weighted by Crippen LogP contribution is 2.30. The zero-order valence-corrected chi connectivity index (χ0v) is 16.0. The van der Waals surface area contributed by atoms with Crippen LogP contribution in [0.1, 0.15) is 38.7 Å². The number of methoxy groups -OCH3 is 2. The van der Waals surface area contributed by atoms with E-state index in [0.717, 1.165) is 6.42 Å². The Kier molecular flexibility index (Phi) is 6.89. The van der Waals surface area contributed by atoms with Gasteiger partial charge in [0.2, 0.25) is 0 Å². The first-order chi connectivity index (χ1) is 12.5. The van der Waals surface area contributed by atoms with Crippen LogP contribution in [0, 0.1) is 0 Å². The molecule has 0 bridgehead atoms. The number of rotatable bonds is 8. The molecule has 0 saturated carbocycles. The third-order valence-corrected chi connectivity index (χ3v) is 4.39. The molecule has 0 spiro atoms. The molecule has 0 aliphatic rings. The summed E-state index contributed by atoms with van der Waals surface area (Å²) in [6, 6.07) is 13.1. The number of amides is 1. The largest absolute Gasteiger partial charge is 0.493 e. The number of anilines is 1. The molecule has 1 N–H and O–H groups in total. The first-order valence-electron chi connectivity index (χ1n) is 8.78. The van der Waals surface area contributed by atoms with Crippen molar-refractivity contribution in [3.63, 3.8) is 0 Å². The monoisotopic (exact) mass is 357 g/mol. The van der Waals surface area contributed by atoms with Crippen LogP contribution in [0.3, 0.4) is 0 Å². The van der Waals surface area contributed by atoms with Crippen LogP contribution < -0.4 is 19.5 Å². The molecule has 0 radical (unpaired) electrons. The van der Waals surface area contributed by atoms with Gasteiger partial charge in [0.25, 0.3) is 5.91 Å². The lowest BCUT2D eigenvalue weighted by Gasteiger charge is -2.16. The van der Waals surface area contributed by atoms with Gasteiger partial charge in [-0.2, -0.15) is 0 Å². The predicted octanol–water partition coefficient (Wildman–Crippen LogP) is 4.62. The Morgan fingerprint density at radius 2 is 1.65 bits per heavy atom. The molecule has 2 atom stereocenters. The third-order valence-electron chi connectivity index (χ3n) is 4.39. The Morgan fingerprint density at radius 1 is 1.00 bits per heavy atom. The van der Waals surface area contributed by atoms with Crippen LogP contribution in [-0.4, -0.2) is 26.2 Å². The van der Waals surface area contributed by atoms with Gasteiger partial charge in [0.1, 0.15) is 5.75 Å². The lowest BCUT2D eigenvalue weighted by atomic mass is 9.99. The molecule has 0 aliphatic carbocycles. The van der Waals surface area contributed by atoms with E-state index in [1.54, 1.807) is 39.3 Å². The van der Waals surface area contributed by atoms with Crippen molar-refractivity contribution in [2.75, 3.05) is 19.5 Å². The molecule has 26 heavy (non-hydrogen) atoms. The topological polar surface area (TPSA) is 56.8 Å². The summed E-state index contributed by atoms with van der Waals surface area (Å²) in [5, 5.41) is 2.83. The highest BCUT2D eigenvalue weighted by atomic mass is 16.5. The Bertz CT molecular complexity index is 727. The summed E-state index contributed by atoms with van der Waals surface area (Å²) in [6.45, 7) is 6.07. The van der Waals surface area contributed by atoms with Crippen LogP contribution in [0.4, 0.5) is 5.69 Å². The van der Waals surface area contributed by atoms with E-state index in [1.165, 1.54) is 5.56 Å². The molecule has 1 amide bonds. The molecule has 2 aromatic carbocycles. The summed E-state index contributed by atoms with van der Waals surface area (Å²) >= 11 is 0. The number of hydrogen-bond acceptors (Lipinski definition) is 4. The minimum Gasteiger partial charge on any atom is -0.493 e. The zero-order valence-electron chi connectivity index (χ0n) is 16.0. The molecule has 0 fully saturated rings. The summed E-state index contributed by atoms with van der Waals surface area (Å²) in [7, 11) is 3.12. The average molecular weight is 357 g/mol. The van der Waals surface area contributed by atoms with Crippen LogP contribution in [0.15, 0.2) is 42.5 Å². The van der Waals surface area contributed by atoms with Crippen molar-refractivity contribution in [3.8, 4) is 17.2 Å². The minimum absolute atomic E-state index is 0.233. The summed E-state index contributed by atoms with van der Waals surface area (Å²) in [5.41, 5.74) is 1.89. The molecule has 2 rings (SSSR count). The molecule has 140 valence electrons. The van der Waals surface area contributed by atoms with E-state index in [4.69, 9.17) is 14.2 Å². The van der Waals surface area contributed by atoms with Crippen molar-refractivity contribution in [2.45, 2.75) is 39.2 Å². The summed E-state index contributed by atoms with van der Waals surface area (Å²) in [6.07, 6.45) is 0.460. The van der Waals surface area contributed by atoms with Crippen LogP contribution >= 0.6 is 0 Å². The fraction of sp³-hybridized carbons (Fsp3) is 0.381. The Labute approximate surface area is 155 Å². The minimum atomic E-state index is -0.627. The van der Waals surface area contributed by atoms with Crippen molar-refractivity contribution in [1.82, 2.24) is 0 Å². The predicted molar refractivity (Wildman–Crippen MR) is 103 cm³/mol. The molecular weight excluding hydrogens is 330 g/mol. The van der Waals surface area contributed by atoms with E-state index in [2.05, 4.69) is 19.2 Å². The normalized spacial score (nSPS) is 12.8.